The molecule has 0 aliphatic carbocycles. The molecule has 0 saturated carbocycles. The number of hydrogen-bond donors (Lipinski definition) is 2. The highest BCUT2D eigenvalue weighted by Crippen LogP contribution is 2.26. The van der Waals surface area contributed by atoms with Gasteiger partial charge in [-0.3, -0.25) is 0 Å². The molecule has 3 rings (SSSR count). The van der Waals surface area contributed by atoms with E-state index < -0.39 is 0 Å². The minimum atomic E-state index is -0.291. The van der Waals surface area contributed by atoms with E-state index in [0.717, 1.165) is 37.4 Å². The number of piperazine rings is 1. The minimum Gasteiger partial charge on any atom is -0.495 e. The predicted octanol–water partition coefficient (Wildman–Crippen LogP) is 3.40. The number of anilines is 3. The van der Waals surface area contributed by atoms with Crippen molar-refractivity contribution in [3.63, 3.8) is 0 Å². The van der Waals surface area contributed by atoms with Crippen molar-refractivity contribution in [3.05, 3.63) is 48.0 Å². The molecule has 6 heteroatoms. The van der Waals surface area contributed by atoms with Crippen LogP contribution in [0.15, 0.2) is 42.5 Å². The van der Waals surface area contributed by atoms with Crippen molar-refractivity contribution in [2.75, 3.05) is 55.9 Å². The number of likely N-dealkylation sites (N-methyl/N-ethyl adjacent to an activating group) is 1. The number of rotatable bonds is 4. The highest BCUT2D eigenvalue weighted by atomic mass is 16.5. The molecule has 2 N–H and O–H groups in total. The Balaban J connectivity index is 1.65. The van der Waals surface area contributed by atoms with Crippen LogP contribution in [-0.4, -0.2) is 51.3 Å². The Hall–Kier alpha value is -2.73. The summed E-state index contributed by atoms with van der Waals surface area (Å²) in [4.78, 5) is 17.0. The number of nitrogens with zero attached hydrogens (tertiary/aromatic N) is 2. The number of nitrogens with one attached hydrogen (secondary N) is 2. The van der Waals surface area contributed by atoms with E-state index in [1.54, 1.807) is 13.2 Å². The van der Waals surface area contributed by atoms with Crippen molar-refractivity contribution in [1.29, 1.82) is 0 Å². The molecule has 0 atom stereocenters. The van der Waals surface area contributed by atoms with Gasteiger partial charge in [0, 0.05) is 37.6 Å². The van der Waals surface area contributed by atoms with Crippen molar-refractivity contribution in [3.8, 4) is 5.75 Å². The van der Waals surface area contributed by atoms with Crippen LogP contribution >= 0.6 is 0 Å². The van der Waals surface area contributed by atoms with Crippen molar-refractivity contribution in [2.45, 2.75) is 6.92 Å². The van der Waals surface area contributed by atoms with E-state index in [1.165, 1.54) is 5.69 Å². The molecule has 138 valence electrons. The fraction of sp³-hybridized carbons (Fsp3) is 0.350. The zero-order valence-electron chi connectivity index (χ0n) is 15.6. The van der Waals surface area contributed by atoms with E-state index in [9.17, 15) is 4.79 Å². The second kappa shape index (κ2) is 8.10. The lowest BCUT2D eigenvalue weighted by Crippen LogP contribution is -2.44. The summed E-state index contributed by atoms with van der Waals surface area (Å²) in [5.74, 6) is 0.629. The summed E-state index contributed by atoms with van der Waals surface area (Å²) in [6.07, 6.45) is 0. The quantitative estimate of drug-likeness (QED) is 0.884. The number of benzene rings is 2. The van der Waals surface area contributed by atoms with Crippen LogP contribution < -0.4 is 20.3 Å². The number of para-hydroxylation sites is 2. The van der Waals surface area contributed by atoms with E-state index in [1.807, 2.05) is 30.3 Å². The SMILES string of the molecule is COc1ccccc1NC(=O)Nc1ccc(N2CCN(C)CC2)c(C)c1. The lowest BCUT2D eigenvalue weighted by molar-refractivity contribution is 0.262. The first-order chi connectivity index (χ1) is 12.6. The van der Waals surface area contributed by atoms with Crippen molar-refractivity contribution < 1.29 is 9.53 Å². The fourth-order valence-electron chi connectivity index (χ4n) is 3.17. The van der Waals surface area contributed by atoms with Gasteiger partial charge in [-0.05, 0) is 49.9 Å². The summed E-state index contributed by atoms with van der Waals surface area (Å²) in [6, 6.07) is 13.1. The molecule has 2 amide bonds. The van der Waals surface area contributed by atoms with Gasteiger partial charge in [-0.1, -0.05) is 12.1 Å². The summed E-state index contributed by atoms with van der Waals surface area (Å²) >= 11 is 0. The van der Waals surface area contributed by atoms with Gasteiger partial charge in [0.25, 0.3) is 0 Å². The average molecular weight is 354 g/mol. The topological polar surface area (TPSA) is 56.8 Å². The maximum Gasteiger partial charge on any atom is 0.323 e. The van der Waals surface area contributed by atoms with E-state index in [2.05, 4.69) is 40.5 Å². The number of amides is 2. The first kappa shape index (κ1) is 18.1. The first-order valence-electron chi connectivity index (χ1n) is 8.82. The Morgan fingerprint density at radius 1 is 1.04 bits per heavy atom. The molecule has 6 nitrogen and oxygen atoms in total. The van der Waals surface area contributed by atoms with E-state index in [-0.39, 0.29) is 6.03 Å². The average Bonchev–Trinajstić information content (AvgIpc) is 2.63. The molecule has 2 aromatic rings. The van der Waals surface area contributed by atoms with Gasteiger partial charge in [0.05, 0.1) is 12.8 Å². The molecule has 1 heterocycles. The number of urea groups is 1. The lowest BCUT2D eigenvalue weighted by atomic mass is 10.1. The molecular weight excluding hydrogens is 328 g/mol. The van der Waals surface area contributed by atoms with Crippen molar-refractivity contribution in [1.82, 2.24) is 4.90 Å². The Morgan fingerprint density at radius 3 is 2.46 bits per heavy atom. The van der Waals surface area contributed by atoms with Crippen LogP contribution in [0.5, 0.6) is 5.75 Å². The largest absolute Gasteiger partial charge is 0.495 e. The highest BCUT2D eigenvalue weighted by Gasteiger charge is 2.16. The van der Waals surface area contributed by atoms with Crippen LogP contribution in [0.2, 0.25) is 0 Å². The molecule has 1 fully saturated rings. The van der Waals surface area contributed by atoms with Crippen molar-refractivity contribution in [2.24, 2.45) is 0 Å². The molecule has 2 aromatic carbocycles. The van der Waals surface area contributed by atoms with Crippen LogP contribution in [0.25, 0.3) is 0 Å². The van der Waals surface area contributed by atoms with Crippen LogP contribution in [0.4, 0.5) is 21.9 Å². The third-order valence-corrected chi connectivity index (χ3v) is 4.65. The molecule has 0 bridgehead atoms. The van der Waals surface area contributed by atoms with E-state index in [4.69, 9.17) is 4.74 Å². The summed E-state index contributed by atoms with van der Waals surface area (Å²) in [7, 11) is 3.73. The third-order valence-electron chi connectivity index (χ3n) is 4.65. The second-order valence-corrected chi connectivity index (χ2v) is 6.57. The maximum absolute atomic E-state index is 12.3. The van der Waals surface area contributed by atoms with Gasteiger partial charge in [-0.25, -0.2) is 4.79 Å². The van der Waals surface area contributed by atoms with Gasteiger partial charge in [-0.15, -0.1) is 0 Å². The van der Waals surface area contributed by atoms with Crippen LogP contribution in [0.3, 0.4) is 0 Å². The number of ether oxygens (including phenoxy) is 1. The minimum absolute atomic E-state index is 0.291. The van der Waals surface area contributed by atoms with Crippen LogP contribution in [0.1, 0.15) is 5.56 Å². The van der Waals surface area contributed by atoms with E-state index >= 15 is 0 Å². The number of carbonyl (C=O) groups is 1. The van der Waals surface area contributed by atoms with Gasteiger partial charge in [0.15, 0.2) is 0 Å². The smallest absolute Gasteiger partial charge is 0.323 e. The maximum atomic E-state index is 12.3. The molecule has 1 aliphatic heterocycles. The molecule has 0 radical (unpaired) electrons. The summed E-state index contributed by atoms with van der Waals surface area (Å²) in [6.45, 7) is 6.27. The van der Waals surface area contributed by atoms with Gasteiger partial charge < -0.3 is 25.2 Å². The molecule has 26 heavy (non-hydrogen) atoms. The van der Waals surface area contributed by atoms with Crippen LogP contribution in [0, 0.1) is 6.92 Å². The Labute approximate surface area is 154 Å². The molecule has 0 unspecified atom stereocenters. The standard InChI is InChI=1S/C20H26N4O2/c1-15-14-16(8-9-18(15)24-12-10-23(2)11-13-24)21-20(25)22-17-6-4-5-7-19(17)26-3/h4-9,14H,10-13H2,1-3H3,(H2,21,22,25). The zero-order chi connectivity index (χ0) is 18.5. The van der Waals surface area contributed by atoms with Gasteiger partial charge in [0.1, 0.15) is 5.75 Å². The summed E-state index contributed by atoms with van der Waals surface area (Å²) in [5, 5.41) is 5.71. The monoisotopic (exact) mass is 354 g/mol. The third kappa shape index (κ3) is 4.26. The number of carbonyl (C=O) groups excluding carboxylic acids is 1. The number of methoxy groups -OCH3 is 1. The molecule has 1 saturated heterocycles. The number of aryl methyl sites for hydroxylation is 1. The zero-order valence-corrected chi connectivity index (χ0v) is 15.6. The molecule has 0 aromatic heterocycles. The van der Waals surface area contributed by atoms with E-state index in [0.29, 0.717) is 11.4 Å². The first-order valence-corrected chi connectivity index (χ1v) is 8.82. The fourth-order valence-corrected chi connectivity index (χ4v) is 3.17. The summed E-state index contributed by atoms with van der Waals surface area (Å²) < 4.78 is 5.25. The van der Waals surface area contributed by atoms with Gasteiger partial charge in [-0.2, -0.15) is 0 Å². The second-order valence-electron chi connectivity index (χ2n) is 6.57. The van der Waals surface area contributed by atoms with Gasteiger partial charge >= 0.3 is 6.03 Å². The Kier molecular flexibility index (Phi) is 5.63. The van der Waals surface area contributed by atoms with Gasteiger partial charge in [0.2, 0.25) is 0 Å². The molecular formula is C20H26N4O2. The molecule has 1 aliphatic rings. The van der Waals surface area contributed by atoms with Crippen molar-refractivity contribution >= 4 is 23.1 Å². The number of hydrogen-bond acceptors (Lipinski definition) is 4. The Morgan fingerprint density at radius 2 is 1.77 bits per heavy atom. The highest BCUT2D eigenvalue weighted by molar-refractivity contribution is 6.00. The lowest BCUT2D eigenvalue weighted by Gasteiger charge is -2.35. The van der Waals surface area contributed by atoms with Crippen LogP contribution in [-0.2, 0) is 0 Å². The Bertz CT molecular complexity index is 770. The predicted molar refractivity (Wildman–Crippen MR) is 107 cm³/mol. The normalized spacial score (nSPS) is 14.8. The summed E-state index contributed by atoms with van der Waals surface area (Å²) in [5.41, 5.74) is 3.80. The molecule has 0 spiro atoms.